The molecular formula is C17H12BrFN2O2S. The van der Waals surface area contributed by atoms with Crippen LogP contribution in [0.1, 0.15) is 11.1 Å². The number of halogens is 2. The lowest BCUT2D eigenvalue weighted by atomic mass is 10.1. The molecule has 3 aromatic rings. The zero-order valence-corrected chi connectivity index (χ0v) is 14.8. The Bertz CT molecular complexity index is 1050. The third-order valence-corrected chi connectivity index (χ3v) is 5.84. The van der Waals surface area contributed by atoms with Crippen molar-refractivity contribution in [3.63, 3.8) is 0 Å². The summed E-state index contributed by atoms with van der Waals surface area (Å²) < 4.78 is 41.1. The highest BCUT2D eigenvalue weighted by molar-refractivity contribution is 9.10. The maximum absolute atomic E-state index is 14.3. The van der Waals surface area contributed by atoms with E-state index in [-0.39, 0.29) is 23.1 Å². The Kier molecular flexibility index (Phi) is 4.43. The predicted octanol–water partition coefficient (Wildman–Crippen LogP) is 3.99. The van der Waals surface area contributed by atoms with E-state index in [9.17, 15) is 12.8 Å². The van der Waals surface area contributed by atoms with Gasteiger partial charge in [-0.3, -0.25) is 0 Å². The molecular weight excluding hydrogens is 395 g/mol. The zero-order chi connectivity index (χ0) is 17.3. The Morgan fingerprint density at radius 2 is 1.88 bits per heavy atom. The zero-order valence-electron chi connectivity index (χ0n) is 12.4. The number of benzene rings is 2. The summed E-state index contributed by atoms with van der Waals surface area (Å²) in [6, 6.07) is 13.9. The number of nitriles is 1. The highest BCUT2D eigenvalue weighted by Crippen LogP contribution is 2.31. The van der Waals surface area contributed by atoms with Crippen LogP contribution in [-0.2, 0) is 22.2 Å². The number of rotatable bonds is 4. The van der Waals surface area contributed by atoms with E-state index in [4.69, 9.17) is 5.26 Å². The van der Waals surface area contributed by atoms with Crippen LogP contribution in [-0.4, -0.2) is 12.4 Å². The van der Waals surface area contributed by atoms with Crippen molar-refractivity contribution >= 4 is 36.9 Å². The lowest BCUT2D eigenvalue weighted by Gasteiger charge is -2.08. The van der Waals surface area contributed by atoms with Crippen molar-refractivity contribution < 1.29 is 12.8 Å². The molecule has 3 rings (SSSR count). The van der Waals surface area contributed by atoms with Gasteiger partial charge in [0.2, 0.25) is 10.0 Å². The van der Waals surface area contributed by atoms with Gasteiger partial charge in [0.05, 0.1) is 35.3 Å². The minimum Gasteiger partial charge on any atom is -0.242 e. The number of nitrogens with zero attached hydrogens (tertiary/aromatic N) is 2. The first-order chi connectivity index (χ1) is 11.4. The van der Waals surface area contributed by atoms with Crippen LogP contribution in [0, 0.1) is 17.1 Å². The minimum atomic E-state index is -3.79. The van der Waals surface area contributed by atoms with Crippen molar-refractivity contribution in [2.75, 3.05) is 0 Å². The maximum Gasteiger partial charge on any atom is 0.243 e. The van der Waals surface area contributed by atoms with Crippen molar-refractivity contribution in [3.05, 3.63) is 70.1 Å². The van der Waals surface area contributed by atoms with E-state index in [1.54, 1.807) is 36.4 Å². The van der Waals surface area contributed by atoms with E-state index in [0.717, 1.165) is 10.2 Å². The van der Waals surface area contributed by atoms with Gasteiger partial charge in [-0.1, -0.05) is 30.3 Å². The second-order valence-electron chi connectivity index (χ2n) is 5.32. The van der Waals surface area contributed by atoms with Gasteiger partial charge in [0.1, 0.15) is 0 Å². The molecule has 0 N–H and O–H groups in total. The van der Waals surface area contributed by atoms with Crippen molar-refractivity contribution in [3.8, 4) is 6.07 Å². The van der Waals surface area contributed by atoms with Gasteiger partial charge >= 0.3 is 0 Å². The van der Waals surface area contributed by atoms with Crippen LogP contribution in [0.4, 0.5) is 4.39 Å². The summed E-state index contributed by atoms with van der Waals surface area (Å²) in [6.07, 6.45) is 1.09. The third-order valence-electron chi connectivity index (χ3n) is 3.61. The molecule has 0 radical (unpaired) electrons. The van der Waals surface area contributed by atoms with Crippen LogP contribution in [0.3, 0.4) is 0 Å². The maximum atomic E-state index is 14.3. The highest BCUT2D eigenvalue weighted by atomic mass is 79.9. The van der Waals surface area contributed by atoms with Crippen molar-refractivity contribution in [2.24, 2.45) is 0 Å². The summed E-state index contributed by atoms with van der Waals surface area (Å²) in [5.41, 5.74) is 1.46. The van der Waals surface area contributed by atoms with E-state index >= 15 is 0 Å². The standard InChI is InChI=1S/C17H12BrFN2O2S/c18-14-8-13(6-7-20)9-16-17(14)15(19)10-21(16)24(22,23)11-12-4-2-1-3-5-12/h1-5,8-10H,6,11H2. The topological polar surface area (TPSA) is 62.9 Å². The van der Waals surface area contributed by atoms with E-state index in [1.807, 2.05) is 6.07 Å². The quantitative estimate of drug-likeness (QED) is 0.657. The molecule has 0 unspecified atom stereocenters. The normalized spacial score (nSPS) is 11.5. The summed E-state index contributed by atoms with van der Waals surface area (Å²) in [6.45, 7) is 0. The van der Waals surface area contributed by atoms with Gasteiger partial charge in [0, 0.05) is 4.47 Å². The lowest BCUT2D eigenvalue weighted by Crippen LogP contribution is -2.14. The fraction of sp³-hybridized carbons (Fsp3) is 0.118. The largest absolute Gasteiger partial charge is 0.243 e. The van der Waals surface area contributed by atoms with Gasteiger partial charge in [0.25, 0.3) is 0 Å². The second-order valence-corrected chi connectivity index (χ2v) is 8.02. The van der Waals surface area contributed by atoms with Crippen LogP contribution in [0.5, 0.6) is 0 Å². The van der Waals surface area contributed by atoms with E-state index in [2.05, 4.69) is 15.9 Å². The first-order valence-corrected chi connectivity index (χ1v) is 9.45. The fourth-order valence-electron chi connectivity index (χ4n) is 2.57. The predicted molar refractivity (Wildman–Crippen MR) is 93.4 cm³/mol. The number of fused-ring (bicyclic) bond motifs is 1. The monoisotopic (exact) mass is 406 g/mol. The SMILES string of the molecule is N#CCc1cc(Br)c2c(F)cn(S(=O)(=O)Cc3ccccc3)c2c1. The van der Waals surface area contributed by atoms with Crippen LogP contribution in [0.25, 0.3) is 10.9 Å². The molecule has 2 aromatic carbocycles. The third kappa shape index (κ3) is 3.07. The second kappa shape index (κ2) is 6.38. The molecule has 0 bridgehead atoms. The molecule has 0 saturated carbocycles. The molecule has 0 aliphatic carbocycles. The molecule has 122 valence electrons. The van der Waals surface area contributed by atoms with Crippen LogP contribution in [0.15, 0.2) is 53.1 Å². The summed E-state index contributed by atoms with van der Waals surface area (Å²) in [4.78, 5) is 0. The molecule has 0 fully saturated rings. The summed E-state index contributed by atoms with van der Waals surface area (Å²) in [7, 11) is -3.79. The fourth-order valence-corrected chi connectivity index (χ4v) is 4.71. The summed E-state index contributed by atoms with van der Waals surface area (Å²) in [5.74, 6) is -0.867. The lowest BCUT2D eigenvalue weighted by molar-refractivity contribution is 0.585. The van der Waals surface area contributed by atoms with Crippen LogP contribution < -0.4 is 0 Å². The molecule has 1 aromatic heterocycles. The Morgan fingerprint density at radius 1 is 1.17 bits per heavy atom. The van der Waals surface area contributed by atoms with Crippen molar-refractivity contribution in [1.29, 1.82) is 5.26 Å². The number of hydrogen-bond acceptors (Lipinski definition) is 3. The summed E-state index contributed by atoms with van der Waals surface area (Å²) in [5, 5.41) is 9.04. The molecule has 24 heavy (non-hydrogen) atoms. The van der Waals surface area contributed by atoms with Crippen LogP contribution in [0.2, 0.25) is 0 Å². The molecule has 0 spiro atoms. The van der Waals surface area contributed by atoms with Gasteiger partial charge < -0.3 is 0 Å². The minimum absolute atomic E-state index is 0.111. The highest BCUT2D eigenvalue weighted by Gasteiger charge is 2.21. The van der Waals surface area contributed by atoms with E-state index in [0.29, 0.717) is 15.6 Å². The van der Waals surface area contributed by atoms with Crippen molar-refractivity contribution in [1.82, 2.24) is 3.97 Å². The molecule has 7 heteroatoms. The van der Waals surface area contributed by atoms with E-state index in [1.165, 1.54) is 6.07 Å². The van der Waals surface area contributed by atoms with Gasteiger partial charge in [0.15, 0.2) is 5.82 Å². The smallest absolute Gasteiger partial charge is 0.242 e. The first kappa shape index (κ1) is 16.7. The Morgan fingerprint density at radius 3 is 2.54 bits per heavy atom. The number of aromatic nitrogens is 1. The average molecular weight is 407 g/mol. The molecule has 0 aliphatic rings. The first-order valence-electron chi connectivity index (χ1n) is 7.05. The molecule has 4 nitrogen and oxygen atoms in total. The molecule has 0 aliphatic heterocycles. The van der Waals surface area contributed by atoms with Gasteiger partial charge in [-0.05, 0) is 39.2 Å². The van der Waals surface area contributed by atoms with Crippen LogP contribution >= 0.6 is 15.9 Å². The van der Waals surface area contributed by atoms with E-state index < -0.39 is 15.8 Å². The molecule has 0 atom stereocenters. The average Bonchev–Trinajstić information content (AvgIpc) is 2.86. The van der Waals surface area contributed by atoms with Gasteiger partial charge in [-0.25, -0.2) is 16.8 Å². The van der Waals surface area contributed by atoms with Gasteiger partial charge in [-0.15, -0.1) is 0 Å². The molecule has 0 amide bonds. The van der Waals surface area contributed by atoms with Crippen molar-refractivity contribution in [2.45, 2.75) is 12.2 Å². The molecule has 1 heterocycles. The summed E-state index contributed by atoms with van der Waals surface area (Å²) >= 11 is 3.26. The molecule has 0 saturated heterocycles. The van der Waals surface area contributed by atoms with Gasteiger partial charge in [-0.2, -0.15) is 5.26 Å². The number of hydrogen-bond donors (Lipinski definition) is 0. The Hall–Kier alpha value is -2.17. The Labute approximate surface area is 147 Å². The Balaban J connectivity index is 2.17.